The number of carbonyl (C=O) groups excluding carboxylic acids is 2. The van der Waals surface area contributed by atoms with Crippen LogP contribution in [0.25, 0.3) is 0 Å². The molecule has 0 spiro atoms. The molecular formula is C23H25NO4. The number of hydrogen-bond acceptors (Lipinski definition) is 4. The molecule has 0 aromatic heterocycles. The number of carbonyl (C=O) groups is 2. The predicted molar refractivity (Wildman–Crippen MR) is 109 cm³/mol. The van der Waals surface area contributed by atoms with E-state index in [9.17, 15) is 14.7 Å². The second-order valence-corrected chi connectivity index (χ2v) is 7.42. The van der Waals surface area contributed by atoms with E-state index < -0.39 is 17.7 Å². The van der Waals surface area contributed by atoms with E-state index in [1.807, 2.05) is 45.0 Å². The lowest BCUT2D eigenvalue weighted by Crippen LogP contribution is -2.31. The minimum absolute atomic E-state index is 0.117. The first-order valence-electron chi connectivity index (χ1n) is 9.34. The minimum Gasteiger partial charge on any atom is -0.503 e. The molecule has 1 aliphatic rings. The van der Waals surface area contributed by atoms with Gasteiger partial charge in [0.1, 0.15) is 5.75 Å². The summed E-state index contributed by atoms with van der Waals surface area (Å²) in [6, 6.07) is 14.0. The molecule has 3 rings (SSSR count). The van der Waals surface area contributed by atoms with Crippen LogP contribution < -0.4 is 9.64 Å². The molecule has 1 atom stereocenters. The topological polar surface area (TPSA) is 66.8 Å². The standard InChI is InChI=1S/C23H25NO4/c1-14(2)12-19(25)20-21(18-11-6-5-8-15(18)3)24(23(27)22(20)26)16-9-7-10-17(13-16)28-4/h5-11,13-14,21,26H,12H2,1-4H3. The van der Waals surface area contributed by atoms with Crippen molar-refractivity contribution in [1.29, 1.82) is 0 Å². The first-order valence-corrected chi connectivity index (χ1v) is 9.34. The molecule has 0 radical (unpaired) electrons. The van der Waals surface area contributed by atoms with Gasteiger partial charge in [-0.05, 0) is 36.1 Å². The molecule has 0 saturated heterocycles. The van der Waals surface area contributed by atoms with Crippen LogP contribution in [0.1, 0.15) is 37.4 Å². The Balaban J connectivity index is 2.18. The number of Topliss-reactive ketones (excluding diaryl/α,β-unsaturated/α-hetero) is 1. The first kappa shape index (κ1) is 19.7. The van der Waals surface area contributed by atoms with Gasteiger partial charge in [-0.3, -0.25) is 14.5 Å². The number of amides is 1. The lowest BCUT2D eigenvalue weighted by atomic mass is 9.90. The largest absolute Gasteiger partial charge is 0.503 e. The highest BCUT2D eigenvalue weighted by molar-refractivity contribution is 6.16. The molecular weight excluding hydrogens is 354 g/mol. The maximum atomic E-state index is 13.0. The highest BCUT2D eigenvalue weighted by atomic mass is 16.5. The first-order chi connectivity index (χ1) is 13.3. The summed E-state index contributed by atoms with van der Waals surface area (Å²) in [5.74, 6) is -0.545. The number of aliphatic hydroxyl groups excluding tert-OH is 1. The van der Waals surface area contributed by atoms with Gasteiger partial charge in [-0.15, -0.1) is 0 Å². The maximum Gasteiger partial charge on any atom is 0.294 e. The molecule has 0 fully saturated rings. The molecule has 28 heavy (non-hydrogen) atoms. The molecule has 1 amide bonds. The van der Waals surface area contributed by atoms with E-state index in [2.05, 4.69) is 0 Å². The Morgan fingerprint density at radius 1 is 1.18 bits per heavy atom. The Morgan fingerprint density at radius 3 is 2.54 bits per heavy atom. The van der Waals surface area contributed by atoms with Gasteiger partial charge in [0.2, 0.25) is 0 Å². The highest BCUT2D eigenvalue weighted by Gasteiger charge is 2.44. The van der Waals surface area contributed by atoms with Gasteiger partial charge in [-0.2, -0.15) is 0 Å². The number of aliphatic hydroxyl groups is 1. The minimum atomic E-state index is -0.674. The van der Waals surface area contributed by atoms with Crippen molar-refractivity contribution in [2.75, 3.05) is 12.0 Å². The maximum absolute atomic E-state index is 13.0. The van der Waals surface area contributed by atoms with E-state index in [1.54, 1.807) is 31.4 Å². The van der Waals surface area contributed by atoms with Crippen LogP contribution in [0.3, 0.4) is 0 Å². The van der Waals surface area contributed by atoms with Crippen LogP contribution in [0.15, 0.2) is 59.9 Å². The number of aryl methyl sites for hydroxylation is 1. The Labute approximate surface area is 165 Å². The Kier molecular flexibility index (Phi) is 5.54. The summed E-state index contributed by atoms with van der Waals surface area (Å²) >= 11 is 0. The second-order valence-electron chi connectivity index (χ2n) is 7.42. The quantitative estimate of drug-likeness (QED) is 0.801. The van der Waals surface area contributed by atoms with Crippen LogP contribution in [-0.2, 0) is 9.59 Å². The number of nitrogens with zero attached hydrogens (tertiary/aromatic N) is 1. The lowest BCUT2D eigenvalue weighted by Gasteiger charge is -2.28. The fourth-order valence-corrected chi connectivity index (χ4v) is 3.59. The fraction of sp³-hybridized carbons (Fsp3) is 0.304. The molecule has 0 saturated carbocycles. The van der Waals surface area contributed by atoms with Crippen molar-refractivity contribution in [2.24, 2.45) is 5.92 Å². The summed E-state index contributed by atoms with van der Waals surface area (Å²) in [5, 5.41) is 10.7. The third kappa shape index (κ3) is 3.52. The normalized spacial score (nSPS) is 16.8. The Bertz CT molecular complexity index is 945. The Morgan fingerprint density at radius 2 is 1.89 bits per heavy atom. The number of ether oxygens (including phenoxy) is 1. The van der Waals surface area contributed by atoms with Crippen molar-refractivity contribution in [3.63, 3.8) is 0 Å². The van der Waals surface area contributed by atoms with Gasteiger partial charge in [0, 0.05) is 18.2 Å². The van der Waals surface area contributed by atoms with Gasteiger partial charge in [-0.1, -0.05) is 44.2 Å². The molecule has 2 aromatic rings. The lowest BCUT2D eigenvalue weighted by molar-refractivity contribution is -0.118. The van der Waals surface area contributed by atoms with Crippen molar-refractivity contribution >= 4 is 17.4 Å². The highest BCUT2D eigenvalue weighted by Crippen LogP contribution is 2.43. The second kappa shape index (κ2) is 7.89. The molecule has 0 bridgehead atoms. The zero-order chi connectivity index (χ0) is 20.4. The average molecular weight is 379 g/mol. The molecule has 5 heteroatoms. The summed E-state index contributed by atoms with van der Waals surface area (Å²) in [7, 11) is 1.55. The predicted octanol–water partition coefficient (Wildman–Crippen LogP) is 4.52. The van der Waals surface area contributed by atoms with Crippen LogP contribution in [-0.4, -0.2) is 23.9 Å². The zero-order valence-electron chi connectivity index (χ0n) is 16.6. The number of hydrogen-bond donors (Lipinski definition) is 1. The van der Waals surface area contributed by atoms with Gasteiger partial charge in [0.15, 0.2) is 11.5 Å². The van der Waals surface area contributed by atoms with Crippen LogP contribution in [0.2, 0.25) is 0 Å². The van der Waals surface area contributed by atoms with E-state index in [-0.39, 0.29) is 23.7 Å². The van der Waals surface area contributed by atoms with E-state index in [1.165, 1.54) is 4.90 Å². The molecule has 146 valence electrons. The van der Waals surface area contributed by atoms with Gasteiger partial charge >= 0.3 is 0 Å². The molecule has 2 aromatic carbocycles. The molecule has 1 heterocycles. The third-order valence-corrected chi connectivity index (χ3v) is 4.92. The summed E-state index contributed by atoms with van der Waals surface area (Å²) in [5.41, 5.74) is 2.49. The summed E-state index contributed by atoms with van der Waals surface area (Å²) in [6.07, 6.45) is 0.265. The van der Waals surface area contributed by atoms with E-state index in [4.69, 9.17) is 4.74 Å². The summed E-state index contributed by atoms with van der Waals surface area (Å²) in [4.78, 5) is 27.5. The number of benzene rings is 2. The van der Waals surface area contributed by atoms with Gasteiger partial charge in [0.25, 0.3) is 5.91 Å². The smallest absolute Gasteiger partial charge is 0.294 e. The van der Waals surface area contributed by atoms with Crippen molar-refractivity contribution in [3.05, 3.63) is 71.0 Å². The molecule has 5 nitrogen and oxygen atoms in total. The van der Waals surface area contributed by atoms with E-state index in [0.29, 0.717) is 11.4 Å². The number of ketones is 1. The van der Waals surface area contributed by atoms with Crippen molar-refractivity contribution in [2.45, 2.75) is 33.2 Å². The number of rotatable bonds is 6. The molecule has 1 unspecified atom stereocenters. The van der Waals surface area contributed by atoms with Gasteiger partial charge in [-0.25, -0.2) is 0 Å². The van der Waals surface area contributed by atoms with Crippen molar-refractivity contribution in [3.8, 4) is 5.75 Å². The molecule has 1 N–H and O–H groups in total. The third-order valence-electron chi connectivity index (χ3n) is 4.92. The number of anilines is 1. The van der Waals surface area contributed by atoms with Crippen molar-refractivity contribution in [1.82, 2.24) is 0 Å². The average Bonchev–Trinajstić information content (AvgIpc) is 2.92. The van der Waals surface area contributed by atoms with E-state index >= 15 is 0 Å². The monoisotopic (exact) mass is 379 g/mol. The molecule has 0 aliphatic carbocycles. The van der Waals surface area contributed by atoms with Crippen LogP contribution in [0.5, 0.6) is 5.75 Å². The van der Waals surface area contributed by atoms with E-state index in [0.717, 1.165) is 11.1 Å². The SMILES string of the molecule is COc1cccc(N2C(=O)C(O)=C(C(=O)CC(C)C)C2c2ccccc2C)c1. The number of methoxy groups -OCH3 is 1. The fourth-order valence-electron chi connectivity index (χ4n) is 3.59. The van der Waals surface area contributed by atoms with Crippen LogP contribution in [0, 0.1) is 12.8 Å². The summed E-state index contributed by atoms with van der Waals surface area (Å²) < 4.78 is 5.29. The molecule has 1 aliphatic heterocycles. The zero-order valence-corrected chi connectivity index (χ0v) is 16.6. The Hall–Kier alpha value is -3.08. The van der Waals surface area contributed by atoms with Gasteiger partial charge < -0.3 is 9.84 Å². The summed E-state index contributed by atoms with van der Waals surface area (Å²) in [6.45, 7) is 5.81. The van der Waals surface area contributed by atoms with Crippen LogP contribution in [0.4, 0.5) is 5.69 Å². The van der Waals surface area contributed by atoms with Crippen LogP contribution >= 0.6 is 0 Å². The van der Waals surface area contributed by atoms with Crippen molar-refractivity contribution < 1.29 is 19.4 Å². The van der Waals surface area contributed by atoms with Gasteiger partial charge in [0.05, 0.1) is 18.7 Å².